The van der Waals surface area contributed by atoms with E-state index in [0.29, 0.717) is 5.56 Å². The highest BCUT2D eigenvalue weighted by Gasteiger charge is 2.34. The Balaban J connectivity index is 1.69. The number of nitrogens with zero attached hydrogens (tertiary/aromatic N) is 1. The van der Waals surface area contributed by atoms with Crippen LogP contribution in [0, 0.1) is 6.92 Å². The first-order valence-corrected chi connectivity index (χ1v) is 11.3. The van der Waals surface area contributed by atoms with Gasteiger partial charge in [-0.05, 0) is 32.1 Å². The molecular formula is C20H24N3O8P. The van der Waals surface area contributed by atoms with Crippen LogP contribution in [0.4, 0.5) is 0 Å². The molecule has 3 rings (SSSR count). The Morgan fingerprint density at radius 2 is 2.00 bits per heavy atom. The van der Waals surface area contributed by atoms with Crippen molar-refractivity contribution in [3.05, 3.63) is 75.1 Å². The van der Waals surface area contributed by atoms with Gasteiger partial charge in [0.05, 0.1) is 13.7 Å². The van der Waals surface area contributed by atoms with Gasteiger partial charge in [-0.1, -0.05) is 24.3 Å². The number of hydrogen-bond acceptors (Lipinski definition) is 8. The molecule has 1 aromatic carbocycles. The molecule has 0 saturated carbocycles. The van der Waals surface area contributed by atoms with Crippen molar-refractivity contribution in [3.8, 4) is 5.75 Å². The number of aromatic amines is 1. The van der Waals surface area contributed by atoms with E-state index in [1.165, 1.54) is 24.8 Å². The maximum absolute atomic E-state index is 13.3. The second kappa shape index (κ2) is 10.1. The standard InChI is InChI=1S/C20H24N3O8P/c1-13-11-23(20(26)21-18(13)24)17-10-9-16(30-17)12-29-32(27,22-14(2)19(25)28-3)31-15-7-5-4-6-8-15/h4-11,14,16-17H,12H2,1-3H3,(H,22,27)(H,21,24,26)/t14-,16-,17+,32?/m0/s1. The molecule has 2 aromatic rings. The highest BCUT2D eigenvalue weighted by atomic mass is 31.2. The van der Waals surface area contributed by atoms with Gasteiger partial charge in [0, 0.05) is 11.8 Å². The summed E-state index contributed by atoms with van der Waals surface area (Å²) in [5.74, 6) is -0.369. The molecule has 1 aromatic heterocycles. The number of esters is 1. The van der Waals surface area contributed by atoms with Gasteiger partial charge in [-0.3, -0.25) is 23.7 Å². The van der Waals surface area contributed by atoms with Gasteiger partial charge >= 0.3 is 19.4 Å². The van der Waals surface area contributed by atoms with Crippen molar-refractivity contribution < 1.29 is 27.9 Å². The van der Waals surface area contributed by atoms with Crippen LogP contribution in [0.2, 0.25) is 0 Å². The third kappa shape index (κ3) is 5.83. The zero-order valence-corrected chi connectivity index (χ0v) is 18.6. The van der Waals surface area contributed by atoms with E-state index in [2.05, 4.69) is 14.8 Å². The number of hydrogen-bond donors (Lipinski definition) is 2. The Morgan fingerprint density at radius 1 is 1.28 bits per heavy atom. The molecule has 12 heteroatoms. The SMILES string of the molecule is COC(=O)[C@H](C)NP(=O)(OC[C@@H]1C=C[C@H](n2cc(C)c(=O)[nH]c2=O)O1)Oc1ccccc1. The summed E-state index contributed by atoms with van der Waals surface area (Å²) in [5.41, 5.74) is -0.746. The normalized spacial score (nSPS) is 20.5. The highest BCUT2D eigenvalue weighted by molar-refractivity contribution is 7.52. The summed E-state index contributed by atoms with van der Waals surface area (Å²) in [5, 5.41) is 2.54. The second-order valence-corrected chi connectivity index (χ2v) is 8.69. The van der Waals surface area contributed by atoms with Gasteiger partial charge < -0.3 is 14.0 Å². The van der Waals surface area contributed by atoms with Gasteiger partial charge in [-0.2, -0.15) is 5.09 Å². The number of ether oxygens (including phenoxy) is 2. The summed E-state index contributed by atoms with van der Waals surface area (Å²) >= 11 is 0. The molecule has 0 fully saturated rings. The number of nitrogens with one attached hydrogen (secondary N) is 2. The largest absolute Gasteiger partial charge is 0.468 e. The average Bonchev–Trinajstić information content (AvgIpc) is 3.23. The number of para-hydroxylation sites is 1. The predicted molar refractivity (Wildman–Crippen MR) is 114 cm³/mol. The Kier molecular flexibility index (Phi) is 7.47. The molecule has 172 valence electrons. The summed E-state index contributed by atoms with van der Waals surface area (Å²) < 4.78 is 36.0. The van der Waals surface area contributed by atoms with Gasteiger partial charge in [0.15, 0.2) is 6.23 Å². The zero-order chi connectivity index (χ0) is 23.3. The smallest absolute Gasteiger partial charge is 0.459 e. The van der Waals surface area contributed by atoms with E-state index in [1.54, 1.807) is 49.4 Å². The molecule has 0 saturated heterocycles. The van der Waals surface area contributed by atoms with Gasteiger partial charge in [-0.15, -0.1) is 0 Å². The summed E-state index contributed by atoms with van der Waals surface area (Å²) in [7, 11) is -2.80. The van der Waals surface area contributed by atoms with Crippen molar-refractivity contribution in [1.29, 1.82) is 0 Å². The molecule has 11 nitrogen and oxygen atoms in total. The van der Waals surface area contributed by atoms with Crippen LogP contribution in [0.25, 0.3) is 0 Å². The summed E-state index contributed by atoms with van der Waals surface area (Å²) in [6.07, 6.45) is 3.20. The van der Waals surface area contributed by atoms with E-state index < -0.39 is 43.3 Å². The van der Waals surface area contributed by atoms with Crippen LogP contribution in [0.1, 0.15) is 18.7 Å². The number of rotatable bonds is 9. The molecule has 0 amide bonds. The van der Waals surface area contributed by atoms with Gasteiger partial charge in [0.2, 0.25) is 0 Å². The lowest BCUT2D eigenvalue weighted by Crippen LogP contribution is -2.35. The van der Waals surface area contributed by atoms with Gasteiger partial charge in [-0.25, -0.2) is 9.36 Å². The quantitative estimate of drug-likeness (QED) is 0.322. The third-order valence-corrected chi connectivity index (χ3v) is 6.15. The van der Waals surface area contributed by atoms with E-state index >= 15 is 0 Å². The summed E-state index contributed by atoms with van der Waals surface area (Å²) in [6.45, 7) is 2.83. The fourth-order valence-corrected chi connectivity index (χ4v) is 4.37. The lowest BCUT2D eigenvalue weighted by Gasteiger charge is -2.24. The first-order valence-electron chi connectivity index (χ1n) is 9.71. The van der Waals surface area contributed by atoms with Crippen molar-refractivity contribution in [3.63, 3.8) is 0 Å². The van der Waals surface area contributed by atoms with Crippen molar-refractivity contribution in [1.82, 2.24) is 14.6 Å². The Bertz CT molecular complexity index is 1140. The topological polar surface area (TPSA) is 138 Å². The summed E-state index contributed by atoms with van der Waals surface area (Å²) in [4.78, 5) is 37.6. The minimum atomic E-state index is -4.01. The minimum Gasteiger partial charge on any atom is -0.468 e. The fourth-order valence-electron chi connectivity index (χ4n) is 2.87. The van der Waals surface area contributed by atoms with E-state index in [9.17, 15) is 18.9 Å². The first kappa shape index (κ1) is 23.7. The van der Waals surface area contributed by atoms with Crippen LogP contribution in [0.15, 0.2) is 58.3 Å². The average molecular weight is 465 g/mol. The number of benzene rings is 1. The minimum absolute atomic E-state index is 0.199. The lowest BCUT2D eigenvalue weighted by atomic mass is 10.3. The Labute approximate surface area is 183 Å². The van der Waals surface area contributed by atoms with Gasteiger partial charge in [0.25, 0.3) is 5.56 Å². The first-order chi connectivity index (χ1) is 15.2. The number of carbonyl (C=O) groups excluding carboxylic acids is 1. The maximum atomic E-state index is 13.3. The number of H-pyrrole nitrogens is 1. The Hall–Kier alpha value is -2.98. The van der Waals surface area contributed by atoms with Crippen molar-refractivity contribution in [2.24, 2.45) is 0 Å². The molecule has 0 bridgehead atoms. The molecule has 32 heavy (non-hydrogen) atoms. The van der Waals surface area contributed by atoms with Crippen LogP contribution in [-0.4, -0.2) is 41.4 Å². The maximum Gasteiger partial charge on any atom is 0.459 e. The van der Waals surface area contributed by atoms with E-state index in [1.807, 2.05) is 0 Å². The number of aryl methyl sites for hydroxylation is 1. The molecule has 4 atom stereocenters. The van der Waals surface area contributed by atoms with E-state index in [-0.39, 0.29) is 12.4 Å². The van der Waals surface area contributed by atoms with Crippen molar-refractivity contribution in [2.45, 2.75) is 32.2 Å². The van der Waals surface area contributed by atoms with Crippen LogP contribution in [0.5, 0.6) is 5.75 Å². The predicted octanol–water partition coefficient (Wildman–Crippen LogP) is 1.65. The molecule has 1 aliphatic heterocycles. The molecule has 0 aliphatic carbocycles. The Morgan fingerprint density at radius 3 is 2.69 bits per heavy atom. The number of carbonyl (C=O) groups is 1. The molecule has 1 unspecified atom stereocenters. The van der Waals surface area contributed by atoms with Crippen LogP contribution >= 0.6 is 7.75 Å². The molecule has 0 radical (unpaired) electrons. The van der Waals surface area contributed by atoms with Crippen molar-refractivity contribution in [2.75, 3.05) is 13.7 Å². The van der Waals surface area contributed by atoms with Crippen molar-refractivity contribution >= 4 is 13.7 Å². The monoisotopic (exact) mass is 465 g/mol. The zero-order valence-electron chi connectivity index (χ0n) is 17.7. The number of aromatic nitrogens is 2. The summed E-state index contributed by atoms with van der Waals surface area (Å²) in [6, 6.07) is 7.37. The van der Waals surface area contributed by atoms with Crippen LogP contribution in [0.3, 0.4) is 0 Å². The number of methoxy groups -OCH3 is 1. The molecule has 2 heterocycles. The van der Waals surface area contributed by atoms with E-state index in [4.69, 9.17) is 13.8 Å². The third-order valence-electron chi connectivity index (χ3n) is 4.51. The highest BCUT2D eigenvalue weighted by Crippen LogP contribution is 2.45. The van der Waals surface area contributed by atoms with E-state index in [0.717, 1.165) is 0 Å². The fraction of sp³-hybridized carbons (Fsp3) is 0.350. The lowest BCUT2D eigenvalue weighted by molar-refractivity contribution is -0.142. The van der Waals surface area contributed by atoms with Gasteiger partial charge in [0.1, 0.15) is 17.9 Å². The second-order valence-electron chi connectivity index (χ2n) is 7.00. The molecule has 1 aliphatic rings. The molecular weight excluding hydrogens is 441 g/mol. The van der Waals surface area contributed by atoms with Crippen LogP contribution < -0.4 is 20.9 Å². The molecule has 0 spiro atoms. The molecule has 2 N–H and O–H groups in total. The van der Waals surface area contributed by atoms with Crippen LogP contribution in [-0.2, 0) is 23.4 Å².